The van der Waals surface area contributed by atoms with Gasteiger partial charge in [-0.2, -0.15) is 0 Å². The Morgan fingerprint density at radius 1 is 0.971 bits per heavy atom. The van der Waals surface area contributed by atoms with Crippen molar-refractivity contribution in [3.63, 3.8) is 0 Å². The van der Waals surface area contributed by atoms with Gasteiger partial charge in [-0.15, -0.1) is 0 Å². The van der Waals surface area contributed by atoms with Crippen LogP contribution in [0.25, 0.3) is 0 Å². The number of methoxy groups -OCH3 is 1. The summed E-state index contributed by atoms with van der Waals surface area (Å²) >= 11 is 0. The summed E-state index contributed by atoms with van der Waals surface area (Å²) in [5, 5.41) is 5.29. The van der Waals surface area contributed by atoms with Crippen LogP contribution in [-0.2, 0) is 16.1 Å². The van der Waals surface area contributed by atoms with Crippen molar-refractivity contribution in [2.75, 3.05) is 44.7 Å². The Labute approximate surface area is 203 Å². The van der Waals surface area contributed by atoms with Crippen LogP contribution in [0.1, 0.15) is 17.4 Å². The number of nitrogens with one attached hydrogen (secondary N) is 2. The van der Waals surface area contributed by atoms with E-state index in [-0.39, 0.29) is 24.9 Å². The molecule has 9 heteroatoms. The van der Waals surface area contributed by atoms with Gasteiger partial charge in [0.05, 0.1) is 19.4 Å². The summed E-state index contributed by atoms with van der Waals surface area (Å²) < 4.78 is 23.9. The van der Waals surface area contributed by atoms with Crippen LogP contribution in [-0.4, -0.2) is 56.5 Å². The number of hydrogen-bond acceptors (Lipinski definition) is 6. The van der Waals surface area contributed by atoms with Gasteiger partial charge in [0, 0.05) is 45.0 Å². The zero-order chi connectivity index (χ0) is 24.6. The maximum atomic E-state index is 13.0. The molecule has 0 aliphatic carbocycles. The van der Waals surface area contributed by atoms with Crippen LogP contribution in [0.5, 0.6) is 5.75 Å². The van der Waals surface area contributed by atoms with Gasteiger partial charge < -0.3 is 24.7 Å². The van der Waals surface area contributed by atoms with Gasteiger partial charge >= 0.3 is 11.8 Å². The Hall–Kier alpha value is -3.85. The molecule has 184 valence electrons. The van der Waals surface area contributed by atoms with E-state index in [1.54, 1.807) is 25.5 Å². The Morgan fingerprint density at radius 2 is 1.66 bits per heavy atom. The molecule has 0 bridgehead atoms. The third-order valence-electron chi connectivity index (χ3n) is 6.09. The van der Waals surface area contributed by atoms with E-state index in [0.717, 1.165) is 43.4 Å². The second kappa shape index (κ2) is 11.5. The van der Waals surface area contributed by atoms with E-state index in [1.807, 2.05) is 36.4 Å². The molecule has 1 aromatic heterocycles. The van der Waals surface area contributed by atoms with Crippen LogP contribution in [0, 0.1) is 5.82 Å². The predicted octanol–water partition coefficient (Wildman–Crippen LogP) is 2.72. The molecule has 1 aliphatic rings. The second-order valence-corrected chi connectivity index (χ2v) is 8.27. The predicted molar refractivity (Wildman–Crippen MR) is 129 cm³/mol. The Bertz CT molecular complexity index is 1100. The number of hydrogen-bond donors (Lipinski definition) is 2. The maximum Gasteiger partial charge on any atom is 0.309 e. The number of anilines is 1. The standard InChI is InChI=1S/C26H29FN4O4/c1-34-22-10-8-21(9-11-22)30-12-14-31(15-13-30)23(24-3-2-16-35-24)18-29-26(33)25(32)28-17-19-4-6-20(27)7-5-19/h2-11,16,23H,12-15,17-18H2,1H3,(H,28,32)(H,29,33). The highest BCUT2D eigenvalue weighted by molar-refractivity contribution is 6.35. The van der Waals surface area contributed by atoms with E-state index in [0.29, 0.717) is 5.56 Å². The Morgan fingerprint density at radius 3 is 2.29 bits per heavy atom. The van der Waals surface area contributed by atoms with Gasteiger partial charge in [-0.3, -0.25) is 14.5 Å². The van der Waals surface area contributed by atoms with Crippen molar-refractivity contribution in [2.24, 2.45) is 0 Å². The van der Waals surface area contributed by atoms with Crippen molar-refractivity contribution in [2.45, 2.75) is 12.6 Å². The average molecular weight is 481 g/mol. The normalized spacial score (nSPS) is 14.9. The highest BCUT2D eigenvalue weighted by Gasteiger charge is 2.28. The van der Waals surface area contributed by atoms with Gasteiger partial charge in [-0.05, 0) is 54.1 Å². The van der Waals surface area contributed by atoms with Gasteiger partial charge in [0.1, 0.15) is 17.3 Å². The molecule has 1 saturated heterocycles. The Kier molecular flexibility index (Phi) is 7.99. The molecule has 0 spiro atoms. The van der Waals surface area contributed by atoms with Crippen LogP contribution in [0.3, 0.4) is 0 Å². The molecule has 0 radical (unpaired) electrons. The van der Waals surface area contributed by atoms with Crippen molar-refractivity contribution in [3.05, 3.63) is 84.1 Å². The van der Waals surface area contributed by atoms with E-state index < -0.39 is 11.8 Å². The van der Waals surface area contributed by atoms with Crippen LogP contribution < -0.4 is 20.3 Å². The topological polar surface area (TPSA) is 87.0 Å². The first kappa shape index (κ1) is 24.3. The number of furan rings is 1. The first-order valence-corrected chi connectivity index (χ1v) is 11.5. The van der Waals surface area contributed by atoms with Gasteiger partial charge in [0.25, 0.3) is 0 Å². The van der Waals surface area contributed by atoms with Gasteiger partial charge in [0.15, 0.2) is 0 Å². The van der Waals surface area contributed by atoms with Crippen molar-refractivity contribution >= 4 is 17.5 Å². The molecule has 4 rings (SSSR count). The van der Waals surface area contributed by atoms with Gasteiger partial charge in [-0.25, -0.2) is 4.39 Å². The highest BCUT2D eigenvalue weighted by atomic mass is 19.1. The van der Waals surface area contributed by atoms with E-state index in [1.165, 1.54) is 12.1 Å². The number of carbonyl (C=O) groups excluding carboxylic acids is 2. The van der Waals surface area contributed by atoms with Crippen LogP contribution in [0.4, 0.5) is 10.1 Å². The summed E-state index contributed by atoms with van der Waals surface area (Å²) in [6.07, 6.45) is 1.60. The van der Waals surface area contributed by atoms with Crippen LogP contribution in [0.2, 0.25) is 0 Å². The first-order valence-electron chi connectivity index (χ1n) is 11.5. The fraction of sp³-hybridized carbons (Fsp3) is 0.308. The SMILES string of the molecule is COc1ccc(N2CCN(C(CNC(=O)C(=O)NCc3ccc(F)cc3)c3ccco3)CC2)cc1. The average Bonchev–Trinajstić information content (AvgIpc) is 3.43. The summed E-state index contributed by atoms with van der Waals surface area (Å²) in [6, 6.07) is 17.2. The third-order valence-corrected chi connectivity index (χ3v) is 6.09. The molecule has 2 amide bonds. The zero-order valence-corrected chi connectivity index (χ0v) is 19.6. The Balaban J connectivity index is 1.31. The summed E-state index contributed by atoms with van der Waals surface area (Å²) in [5.41, 5.74) is 1.84. The van der Waals surface area contributed by atoms with E-state index in [9.17, 15) is 14.0 Å². The monoisotopic (exact) mass is 480 g/mol. The summed E-state index contributed by atoms with van der Waals surface area (Å²) in [6.45, 7) is 3.54. The molecular formula is C26H29FN4O4. The number of nitrogens with zero attached hydrogens (tertiary/aromatic N) is 2. The summed E-state index contributed by atoms with van der Waals surface area (Å²) in [5.74, 6) is -0.262. The molecular weight excluding hydrogens is 451 g/mol. The number of piperazine rings is 1. The second-order valence-electron chi connectivity index (χ2n) is 8.27. The van der Waals surface area contributed by atoms with Gasteiger partial charge in [-0.1, -0.05) is 12.1 Å². The first-order chi connectivity index (χ1) is 17.0. The molecule has 35 heavy (non-hydrogen) atoms. The van der Waals surface area contributed by atoms with Crippen molar-refractivity contribution in [1.29, 1.82) is 0 Å². The van der Waals surface area contributed by atoms with Crippen LogP contribution in [0.15, 0.2) is 71.3 Å². The quantitative estimate of drug-likeness (QED) is 0.482. The molecule has 3 aromatic rings. The van der Waals surface area contributed by atoms with Crippen molar-refractivity contribution < 1.29 is 23.1 Å². The molecule has 8 nitrogen and oxygen atoms in total. The van der Waals surface area contributed by atoms with E-state index in [4.69, 9.17) is 9.15 Å². The number of amides is 2. The van der Waals surface area contributed by atoms with E-state index in [2.05, 4.69) is 20.4 Å². The van der Waals surface area contributed by atoms with Crippen molar-refractivity contribution in [1.82, 2.24) is 15.5 Å². The molecule has 0 saturated carbocycles. The molecule has 2 N–H and O–H groups in total. The molecule has 1 atom stereocenters. The lowest BCUT2D eigenvalue weighted by molar-refractivity contribution is -0.139. The molecule has 1 aliphatic heterocycles. The number of ether oxygens (including phenoxy) is 1. The number of halogens is 1. The molecule has 1 unspecified atom stereocenters. The minimum atomic E-state index is -0.739. The molecule has 1 fully saturated rings. The fourth-order valence-corrected chi connectivity index (χ4v) is 4.11. The zero-order valence-electron chi connectivity index (χ0n) is 19.6. The third kappa shape index (κ3) is 6.39. The number of benzene rings is 2. The number of rotatable bonds is 8. The summed E-state index contributed by atoms with van der Waals surface area (Å²) in [7, 11) is 1.65. The smallest absolute Gasteiger partial charge is 0.309 e. The van der Waals surface area contributed by atoms with Crippen molar-refractivity contribution in [3.8, 4) is 5.75 Å². The van der Waals surface area contributed by atoms with Gasteiger partial charge in [0.2, 0.25) is 0 Å². The highest BCUT2D eigenvalue weighted by Crippen LogP contribution is 2.25. The fourth-order valence-electron chi connectivity index (χ4n) is 4.11. The lowest BCUT2D eigenvalue weighted by atomic mass is 10.1. The molecule has 2 heterocycles. The minimum absolute atomic E-state index is 0.140. The van der Waals surface area contributed by atoms with E-state index >= 15 is 0 Å². The lowest BCUT2D eigenvalue weighted by Crippen LogP contribution is -2.50. The summed E-state index contributed by atoms with van der Waals surface area (Å²) in [4.78, 5) is 29.2. The minimum Gasteiger partial charge on any atom is -0.497 e. The lowest BCUT2D eigenvalue weighted by Gasteiger charge is -2.39. The number of carbonyl (C=O) groups is 2. The maximum absolute atomic E-state index is 13.0. The largest absolute Gasteiger partial charge is 0.497 e. The van der Waals surface area contributed by atoms with Crippen LogP contribution >= 0.6 is 0 Å². The molecule has 2 aromatic carbocycles.